The molecule has 0 saturated heterocycles. The van der Waals surface area contributed by atoms with Crippen molar-refractivity contribution in [3.63, 3.8) is 0 Å². The van der Waals surface area contributed by atoms with Crippen LogP contribution in [0.2, 0.25) is 5.02 Å². The number of cyclic esters (lactones) is 2. The Kier molecular flexibility index (Phi) is 27.1. The van der Waals surface area contributed by atoms with Crippen LogP contribution >= 0.6 is 11.6 Å². The summed E-state index contributed by atoms with van der Waals surface area (Å²) in [5.74, 6) is -5.64. The summed E-state index contributed by atoms with van der Waals surface area (Å²) in [4.78, 5) is 129. The minimum Gasteiger partial charge on any atom is -0.456 e. The van der Waals surface area contributed by atoms with E-state index in [1.54, 1.807) is 70.1 Å². The summed E-state index contributed by atoms with van der Waals surface area (Å²) in [6.45, 7) is 18.6. The highest BCUT2D eigenvalue weighted by atomic mass is 35.5. The van der Waals surface area contributed by atoms with E-state index in [-0.39, 0.29) is 43.1 Å². The summed E-state index contributed by atoms with van der Waals surface area (Å²) >= 11 is 6.16. The SMILES string of the molecule is C/C=C(\C)[C@@H]1C[C@@H](OC(=O)N(C)CCCCCCN(C)C(C)=O)C/C=C(\C)C(=O)O[C@H](CC(C)C)C(=O)N[C@@H](C)C(=O)N(C)[C@H](Cc2ccc(Cl)cc2)C(=O)N(C)CC(=O)N[C@@H](C(C)CC)C(=O)NC(C)(C)C(=O)O1. The van der Waals surface area contributed by atoms with E-state index in [9.17, 15) is 43.2 Å². The van der Waals surface area contributed by atoms with Gasteiger partial charge in [0.2, 0.25) is 29.5 Å². The number of rotatable bonds is 15. The largest absolute Gasteiger partial charge is 0.456 e. The van der Waals surface area contributed by atoms with Gasteiger partial charge < -0.3 is 49.8 Å². The van der Waals surface area contributed by atoms with E-state index in [1.807, 2.05) is 20.8 Å². The second-order valence-corrected chi connectivity index (χ2v) is 21.3. The van der Waals surface area contributed by atoms with Crippen molar-refractivity contribution in [3.05, 3.63) is 58.1 Å². The Bertz CT molecular complexity index is 2200. The normalized spacial score (nSPS) is 23.7. The molecule has 0 saturated carbocycles. The predicted octanol–water partition coefficient (Wildman–Crippen LogP) is 6.15. The van der Waals surface area contributed by atoms with Gasteiger partial charge in [-0.2, -0.15) is 0 Å². The third kappa shape index (κ3) is 21.7. The van der Waals surface area contributed by atoms with Gasteiger partial charge in [-0.3, -0.25) is 28.8 Å². The number of carbonyl (C=O) groups excluding carboxylic acids is 9. The minimum absolute atomic E-state index is 0.00143. The molecule has 0 aliphatic carbocycles. The van der Waals surface area contributed by atoms with Crippen LogP contribution < -0.4 is 16.0 Å². The van der Waals surface area contributed by atoms with Gasteiger partial charge in [-0.1, -0.05) is 82.8 Å². The molecule has 420 valence electrons. The second-order valence-electron chi connectivity index (χ2n) is 20.9. The lowest BCUT2D eigenvalue weighted by molar-refractivity contribution is -0.157. The van der Waals surface area contributed by atoms with Gasteiger partial charge in [0, 0.05) is 78.1 Å². The summed E-state index contributed by atoms with van der Waals surface area (Å²) in [5.41, 5.74) is -0.328. The summed E-state index contributed by atoms with van der Waals surface area (Å²) in [6.07, 6.45) is 2.86. The standard InChI is InChI=1S/C55H86ClN7O12/c1-16-35(5)44-32-42(73-54(72)61(13)29-21-19-18-20-28-60(12)39(9)64)27-22-37(7)52(70)74-45(30-34(3)4)48(66)57-38(8)50(68)63(15)43(31-40-23-25-41(56)26-24-40)51(69)62(14)33-46(65)58-47(36(6)17-2)49(67)59-55(10,11)53(71)75-44/h16,22-26,34,36,38,42-45,47H,17-21,27-33H2,1-15H3,(H,57,66)(H,58,65)(H,59,67)/b35-16+,37-22+/t36?,38-,42-,43+,44-,45+,47-/m0/s1. The quantitative estimate of drug-likeness (QED) is 0.0778. The zero-order chi connectivity index (χ0) is 56.9. The first-order valence-electron chi connectivity index (χ1n) is 26.1. The maximum Gasteiger partial charge on any atom is 0.409 e. The average molecular weight is 1070 g/mol. The third-order valence-corrected chi connectivity index (χ3v) is 13.7. The van der Waals surface area contributed by atoms with E-state index in [2.05, 4.69) is 16.0 Å². The van der Waals surface area contributed by atoms with Crippen LogP contribution in [0.25, 0.3) is 0 Å². The number of benzene rings is 1. The number of nitrogens with zero attached hydrogens (tertiary/aromatic N) is 4. The number of halogens is 1. The number of hydrogen-bond acceptors (Lipinski definition) is 12. The predicted molar refractivity (Wildman–Crippen MR) is 287 cm³/mol. The molecule has 20 heteroatoms. The van der Waals surface area contributed by atoms with Gasteiger partial charge in [0.15, 0.2) is 6.10 Å². The Labute approximate surface area is 450 Å². The fourth-order valence-corrected chi connectivity index (χ4v) is 8.10. The van der Waals surface area contributed by atoms with Crippen LogP contribution in [0.1, 0.15) is 133 Å². The van der Waals surface area contributed by atoms with E-state index in [4.69, 9.17) is 25.8 Å². The van der Waals surface area contributed by atoms with E-state index < -0.39 is 102 Å². The first kappa shape index (κ1) is 65.1. The van der Waals surface area contributed by atoms with Crippen LogP contribution in [0.3, 0.4) is 0 Å². The summed E-state index contributed by atoms with van der Waals surface area (Å²) in [6, 6.07) is 3.13. The lowest BCUT2D eigenvalue weighted by Gasteiger charge is -2.34. The number of unbranched alkanes of at least 4 members (excludes halogenated alkanes) is 3. The van der Waals surface area contributed by atoms with Crippen LogP contribution in [0.5, 0.6) is 0 Å². The summed E-state index contributed by atoms with van der Waals surface area (Å²) < 4.78 is 18.0. The first-order chi connectivity index (χ1) is 35.0. The molecule has 0 aromatic heterocycles. The molecule has 1 unspecified atom stereocenters. The Balaban J connectivity index is 2.67. The van der Waals surface area contributed by atoms with E-state index >= 15 is 0 Å². The molecule has 1 heterocycles. The molecule has 19 nitrogen and oxygen atoms in total. The first-order valence-corrected chi connectivity index (χ1v) is 26.4. The molecule has 0 spiro atoms. The highest BCUT2D eigenvalue weighted by molar-refractivity contribution is 6.30. The van der Waals surface area contributed by atoms with Crippen molar-refractivity contribution in [1.82, 2.24) is 35.6 Å². The topological polar surface area (TPSA) is 230 Å². The van der Waals surface area contributed by atoms with Gasteiger partial charge in [-0.05, 0) is 95.9 Å². The Hall–Kier alpha value is -5.98. The molecule has 7 atom stereocenters. The van der Waals surface area contributed by atoms with Crippen molar-refractivity contribution < 1.29 is 57.4 Å². The van der Waals surface area contributed by atoms with Crippen LogP contribution in [0, 0.1) is 11.8 Å². The van der Waals surface area contributed by atoms with Gasteiger partial charge in [-0.25, -0.2) is 14.4 Å². The highest BCUT2D eigenvalue weighted by Gasteiger charge is 2.39. The molecule has 2 rings (SSSR count). The summed E-state index contributed by atoms with van der Waals surface area (Å²) in [5, 5.41) is 8.63. The van der Waals surface area contributed by atoms with Gasteiger partial charge in [0.1, 0.15) is 35.9 Å². The second kappa shape index (κ2) is 31.2. The molecule has 7 amide bonds. The molecule has 0 bridgehead atoms. The molecule has 3 N–H and O–H groups in total. The van der Waals surface area contributed by atoms with Gasteiger partial charge in [0.25, 0.3) is 5.91 Å². The van der Waals surface area contributed by atoms with Crippen molar-refractivity contribution in [2.24, 2.45) is 11.8 Å². The van der Waals surface area contributed by atoms with Crippen molar-refractivity contribution in [3.8, 4) is 0 Å². The number of carbonyl (C=O) groups is 9. The minimum atomic E-state index is -1.66. The van der Waals surface area contributed by atoms with Crippen LogP contribution in [0.4, 0.5) is 4.79 Å². The fraction of sp³-hybridized carbons (Fsp3) is 0.655. The maximum atomic E-state index is 14.3. The molecule has 0 fully saturated rings. The Morgan fingerprint density at radius 3 is 2.05 bits per heavy atom. The highest BCUT2D eigenvalue weighted by Crippen LogP contribution is 2.23. The zero-order valence-corrected chi connectivity index (χ0v) is 47.9. The van der Waals surface area contributed by atoms with Crippen molar-refractivity contribution >= 4 is 65.1 Å². The van der Waals surface area contributed by atoms with Crippen molar-refractivity contribution in [2.75, 3.05) is 47.8 Å². The van der Waals surface area contributed by atoms with Gasteiger partial charge in [-0.15, -0.1) is 0 Å². The number of likely N-dealkylation sites (N-methyl/N-ethyl adjacent to an activating group) is 2. The zero-order valence-electron chi connectivity index (χ0n) is 47.1. The number of ether oxygens (including phenoxy) is 3. The molecule has 1 aromatic carbocycles. The smallest absolute Gasteiger partial charge is 0.409 e. The van der Waals surface area contributed by atoms with E-state index in [0.29, 0.717) is 42.1 Å². The number of nitrogens with one attached hydrogen (secondary N) is 3. The lowest BCUT2D eigenvalue weighted by atomic mass is 9.96. The fourth-order valence-electron chi connectivity index (χ4n) is 7.97. The van der Waals surface area contributed by atoms with Crippen molar-refractivity contribution in [1.29, 1.82) is 0 Å². The van der Waals surface area contributed by atoms with Crippen LogP contribution in [-0.4, -0.2) is 163 Å². The molecular formula is C55H86ClN7O12. The van der Waals surface area contributed by atoms with Crippen molar-refractivity contribution in [2.45, 2.75) is 176 Å². The summed E-state index contributed by atoms with van der Waals surface area (Å²) in [7, 11) is 6.16. The molecule has 0 radical (unpaired) electrons. The lowest BCUT2D eigenvalue weighted by Crippen LogP contribution is -2.60. The van der Waals surface area contributed by atoms with Gasteiger partial charge >= 0.3 is 18.0 Å². The molecule has 1 aliphatic heterocycles. The number of amides is 7. The monoisotopic (exact) mass is 1070 g/mol. The van der Waals surface area contributed by atoms with E-state index in [1.165, 1.54) is 64.6 Å². The number of esters is 2. The molecule has 75 heavy (non-hydrogen) atoms. The maximum absolute atomic E-state index is 14.3. The third-order valence-electron chi connectivity index (χ3n) is 13.5. The van der Waals surface area contributed by atoms with Crippen LogP contribution in [-0.2, 0) is 59.0 Å². The van der Waals surface area contributed by atoms with Gasteiger partial charge in [0.05, 0.1) is 6.54 Å². The number of hydrogen-bond donors (Lipinski definition) is 3. The molecular weight excluding hydrogens is 986 g/mol. The molecule has 1 aromatic rings. The Morgan fingerprint density at radius 2 is 1.49 bits per heavy atom. The van der Waals surface area contributed by atoms with E-state index in [0.717, 1.165) is 24.2 Å². The Morgan fingerprint density at radius 1 is 0.893 bits per heavy atom. The average Bonchev–Trinajstić information content (AvgIpc) is 3.35. The molecule has 1 aliphatic rings. The van der Waals surface area contributed by atoms with Crippen LogP contribution in [0.15, 0.2) is 47.6 Å². The number of allylic oxidation sites excluding steroid dienone is 1.